The first-order valence-corrected chi connectivity index (χ1v) is 4.87. The predicted octanol–water partition coefficient (Wildman–Crippen LogP) is 3.92. The Balaban J connectivity index is 2.56. The predicted molar refractivity (Wildman–Crippen MR) is 62.7 cm³/mol. The lowest BCUT2D eigenvalue weighted by atomic mass is 10.2. The van der Waals surface area contributed by atoms with E-state index < -0.39 is 0 Å². The summed E-state index contributed by atoms with van der Waals surface area (Å²) < 4.78 is 0. The van der Waals surface area contributed by atoms with Gasteiger partial charge in [0.2, 0.25) is 0 Å². The van der Waals surface area contributed by atoms with Crippen LogP contribution in [0.4, 0.5) is 0 Å². The first-order valence-electron chi connectivity index (χ1n) is 4.87. The van der Waals surface area contributed by atoms with Gasteiger partial charge in [-0.15, -0.1) is 0 Å². The van der Waals surface area contributed by atoms with Crippen LogP contribution < -0.4 is 0 Å². The normalized spacial score (nSPS) is 17.1. The molecule has 0 spiro atoms. The Kier molecular flexibility index (Phi) is 6.05. The van der Waals surface area contributed by atoms with Crippen LogP contribution in [-0.2, 0) is 0 Å². The van der Waals surface area contributed by atoms with Crippen molar-refractivity contribution in [2.45, 2.75) is 12.8 Å². The summed E-state index contributed by atoms with van der Waals surface area (Å²) >= 11 is 0. The van der Waals surface area contributed by atoms with Gasteiger partial charge in [-0.2, -0.15) is 0 Å². The zero-order valence-electron chi connectivity index (χ0n) is 8.27. The molecule has 0 saturated carbocycles. The molecule has 1 rings (SSSR count). The second-order valence-electron chi connectivity index (χ2n) is 2.86. The van der Waals surface area contributed by atoms with E-state index in [0.29, 0.717) is 0 Å². The SMILES string of the molecule is [C]1=CC=CC=CC=CC=CCC=CC1. The Morgan fingerprint density at radius 1 is 0.643 bits per heavy atom. The van der Waals surface area contributed by atoms with Crippen LogP contribution in [0.25, 0.3) is 0 Å². The van der Waals surface area contributed by atoms with E-state index >= 15 is 0 Å². The van der Waals surface area contributed by atoms with E-state index in [1.807, 2.05) is 42.5 Å². The number of allylic oxidation sites excluding steroid dienone is 12. The minimum Gasteiger partial charge on any atom is -0.0844 e. The lowest BCUT2D eigenvalue weighted by Crippen LogP contribution is -1.62. The zero-order valence-corrected chi connectivity index (χ0v) is 8.27. The summed E-state index contributed by atoms with van der Waals surface area (Å²) in [5.74, 6) is 0. The molecule has 14 heavy (non-hydrogen) atoms. The van der Waals surface area contributed by atoms with E-state index in [-0.39, 0.29) is 0 Å². The van der Waals surface area contributed by atoms with Gasteiger partial charge in [-0.1, -0.05) is 66.8 Å². The number of hydrogen-bond acceptors (Lipinski definition) is 0. The molecule has 0 bridgehead atoms. The van der Waals surface area contributed by atoms with Crippen molar-refractivity contribution < 1.29 is 0 Å². The van der Waals surface area contributed by atoms with Gasteiger partial charge < -0.3 is 0 Å². The third-order valence-electron chi connectivity index (χ3n) is 1.69. The van der Waals surface area contributed by atoms with Gasteiger partial charge in [-0.05, 0) is 18.9 Å². The second kappa shape index (κ2) is 8.06. The van der Waals surface area contributed by atoms with Crippen LogP contribution in [0, 0.1) is 6.08 Å². The van der Waals surface area contributed by atoms with Crippen LogP contribution in [0.2, 0.25) is 0 Å². The number of hydrogen-bond donors (Lipinski definition) is 0. The second-order valence-corrected chi connectivity index (χ2v) is 2.86. The molecule has 0 aromatic heterocycles. The maximum atomic E-state index is 3.16. The molecule has 0 aromatic rings. The molecular weight excluding hydrogens is 168 g/mol. The van der Waals surface area contributed by atoms with Gasteiger partial charge >= 0.3 is 0 Å². The summed E-state index contributed by atoms with van der Waals surface area (Å²) in [6.07, 6.45) is 27.5. The average molecular weight is 183 g/mol. The summed E-state index contributed by atoms with van der Waals surface area (Å²) in [5, 5.41) is 0. The van der Waals surface area contributed by atoms with Crippen LogP contribution >= 0.6 is 0 Å². The standard InChI is InChI=1S/C14H15/c1-2-4-6-8-10-12-14-13-11-9-7-5-3-1/h1-9,12,14H,10,13H2. The Morgan fingerprint density at radius 2 is 1.36 bits per heavy atom. The van der Waals surface area contributed by atoms with Crippen molar-refractivity contribution in [1.82, 2.24) is 0 Å². The Hall–Kier alpha value is -1.56. The fourth-order valence-electron chi connectivity index (χ4n) is 0.996. The molecule has 0 saturated heterocycles. The molecule has 0 nitrogen and oxygen atoms in total. The molecule has 0 unspecified atom stereocenters. The van der Waals surface area contributed by atoms with Crippen molar-refractivity contribution in [3.8, 4) is 0 Å². The Bertz CT molecular complexity index is 266. The fraction of sp³-hybridized carbons (Fsp3) is 0.143. The molecular formula is C14H15. The van der Waals surface area contributed by atoms with E-state index in [2.05, 4.69) is 30.4 Å². The van der Waals surface area contributed by atoms with Crippen molar-refractivity contribution in [2.75, 3.05) is 0 Å². The highest BCUT2D eigenvalue weighted by atomic mass is 13.8. The average Bonchev–Trinajstić information content (AvgIpc) is 2.22. The van der Waals surface area contributed by atoms with Gasteiger partial charge in [0, 0.05) is 0 Å². The molecule has 0 heteroatoms. The maximum Gasteiger partial charge on any atom is -0.00945 e. The molecule has 0 amide bonds. The Labute approximate surface area is 86.3 Å². The Morgan fingerprint density at radius 3 is 2.21 bits per heavy atom. The van der Waals surface area contributed by atoms with Gasteiger partial charge in [0.05, 0.1) is 0 Å². The van der Waals surface area contributed by atoms with Crippen LogP contribution in [-0.4, -0.2) is 0 Å². The van der Waals surface area contributed by atoms with E-state index in [9.17, 15) is 0 Å². The monoisotopic (exact) mass is 183 g/mol. The van der Waals surface area contributed by atoms with E-state index in [0.717, 1.165) is 12.8 Å². The molecule has 1 radical (unpaired) electrons. The van der Waals surface area contributed by atoms with Crippen LogP contribution in [0.5, 0.6) is 0 Å². The molecule has 0 aliphatic heterocycles. The van der Waals surface area contributed by atoms with Gasteiger partial charge in [-0.25, -0.2) is 0 Å². The van der Waals surface area contributed by atoms with Crippen molar-refractivity contribution in [3.05, 3.63) is 72.9 Å². The summed E-state index contributed by atoms with van der Waals surface area (Å²) in [7, 11) is 0. The van der Waals surface area contributed by atoms with Gasteiger partial charge in [0.25, 0.3) is 0 Å². The van der Waals surface area contributed by atoms with Gasteiger partial charge in [-0.3, -0.25) is 0 Å². The first kappa shape index (κ1) is 10.5. The molecule has 1 aliphatic rings. The van der Waals surface area contributed by atoms with Crippen LogP contribution in [0.1, 0.15) is 12.8 Å². The summed E-state index contributed by atoms with van der Waals surface area (Å²) in [4.78, 5) is 0. The smallest absolute Gasteiger partial charge is 0.00945 e. The first-order chi connectivity index (χ1) is 7.00. The molecule has 71 valence electrons. The van der Waals surface area contributed by atoms with E-state index in [4.69, 9.17) is 0 Å². The minimum atomic E-state index is 0.887. The largest absolute Gasteiger partial charge is 0.0844 e. The number of rotatable bonds is 0. The summed E-state index contributed by atoms with van der Waals surface area (Å²) in [6.45, 7) is 0. The van der Waals surface area contributed by atoms with Crippen LogP contribution in [0.15, 0.2) is 66.8 Å². The third-order valence-corrected chi connectivity index (χ3v) is 1.69. The minimum absolute atomic E-state index is 0.887. The summed E-state index contributed by atoms with van der Waals surface area (Å²) in [6, 6.07) is 0. The highest BCUT2D eigenvalue weighted by molar-refractivity contribution is 5.18. The van der Waals surface area contributed by atoms with Crippen molar-refractivity contribution in [1.29, 1.82) is 0 Å². The molecule has 1 aliphatic carbocycles. The summed E-state index contributed by atoms with van der Waals surface area (Å²) in [5.41, 5.74) is 0. The lowest BCUT2D eigenvalue weighted by molar-refractivity contribution is 1.28. The van der Waals surface area contributed by atoms with Crippen molar-refractivity contribution in [3.63, 3.8) is 0 Å². The zero-order chi connectivity index (χ0) is 9.90. The maximum absolute atomic E-state index is 3.16. The highest BCUT2D eigenvalue weighted by Crippen LogP contribution is 1.92. The highest BCUT2D eigenvalue weighted by Gasteiger charge is 1.72. The lowest BCUT2D eigenvalue weighted by Gasteiger charge is -1.82. The molecule has 0 N–H and O–H groups in total. The molecule has 0 fully saturated rings. The third kappa shape index (κ3) is 6.01. The molecule has 0 aromatic carbocycles. The van der Waals surface area contributed by atoms with Gasteiger partial charge in [0.1, 0.15) is 0 Å². The topological polar surface area (TPSA) is 0 Å². The van der Waals surface area contributed by atoms with Crippen molar-refractivity contribution >= 4 is 0 Å². The van der Waals surface area contributed by atoms with Crippen LogP contribution in [0.3, 0.4) is 0 Å². The van der Waals surface area contributed by atoms with E-state index in [1.54, 1.807) is 0 Å². The molecule has 0 heterocycles. The van der Waals surface area contributed by atoms with Gasteiger partial charge in [0.15, 0.2) is 0 Å². The fourth-order valence-corrected chi connectivity index (χ4v) is 0.996. The quantitative estimate of drug-likeness (QED) is 0.499. The van der Waals surface area contributed by atoms with Crippen molar-refractivity contribution in [2.24, 2.45) is 0 Å². The van der Waals surface area contributed by atoms with E-state index in [1.165, 1.54) is 0 Å². The molecule has 0 atom stereocenters.